The van der Waals surface area contributed by atoms with Gasteiger partial charge in [0.15, 0.2) is 0 Å². The molecule has 0 aromatic carbocycles. The molecule has 0 atom stereocenters. The van der Waals surface area contributed by atoms with E-state index in [4.69, 9.17) is 11.6 Å². The largest absolute Gasteiger partial charge is 0.352 e. The van der Waals surface area contributed by atoms with Gasteiger partial charge in [0.1, 0.15) is 11.3 Å². The molecule has 0 bridgehead atoms. The molecule has 1 rings (SSSR count). The molecular weight excluding hydrogens is 284 g/mol. The summed E-state index contributed by atoms with van der Waals surface area (Å²) >= 11 is 5.78. The van der Waals surface area contributed by atoms with Crippen LogP contribution in [0.3, 0.4) is 0 Å². The van der Waals surface area contributed by atoms with E-state index in [1.807, 2.05) is 14.1 Å². The fourth-order valence-electron chi connectivity index (χ4n) is 1.55. The highest BCUT2D eigenvalue weighted by molar-refractivity contribution is 6.32. The topological polar surface area (TPSA) is 88.4 Å². The SMILES string of the molecule is CN(C)CCCCNC(=O)c1cc([N+](=O)[O-])cnc1Cl. The number of unbranched alkanes of at least 4 members (excludes halogenated alkanes) is 1. The van der Waals surface area contributed by atoms with E-state index in [0.29, 0.717) is 6.54 Å². The van der Waals surface area contributed by atoms with Crippen LogP contribution in [0.4, 0.5) is 5.69 Å². The number of amides is 1. The van der Waals surface area contributed by atoms with Gasteiger partial charge >= 0.3 is 0 Å². The van der Waals surface area contributed by atoms with Crippen molar-refractivity contribution in [3.05, 3.63) is 33.1 Å². The molecule has 110 valence electrons. The summed E-state index contributed by atoms with van der Waals surface area (Å²) in [6, 6.07) is 1.13. The summed E-state index contributed by atoms with van der Waals surface area (Å²) in [7, 11) is 3.96. The van der Waals surface area contributed by atoms with Crippen LogP contribution in [0.25, 0.3) is 0 Å². The number of carbonyl (C=O) groups is 1. The first kappa shape index (κ1) is 16.3. The van der Waals surface area contributed by atoms with Gasteiger partial charge in [-0.15, -0.1) is 0 Å². The van der Waals surface area contributed by atoms with Crippen molar-refractivity contribution in [3.63, 3.8) is 0 Å². The second-order valence-corrected chi connectivity index (χ2v) is 4.91. The zero-order chi connectivity index (χ0) is 15.1. The second-order valence-electron chi connectivity index (χ2n) is 4.56. The molecule has 7 nitrogen and oxygen atoms in total. The Hall–Kier alpha value is -1.73. The Morgan fingerprint density at radius 3 is 2.80 bits per heavy atom. The van der Waals surface area contributed by atoms with Crippen LogP contribution in [0.5, 0.6) is 0 Å². The van der Waals surface area contributed by atoms with Crippen LogP contribution < -0.4 is 5.32 Å². The summed E-state index contributed by atoms with van der Waals surface area (Å²) < 4.78 is 0. The molecule has 8 heteroatoms. The maximum Gasteiger partial charge on any atom is 0.288 e. The molecule has 0 saturated heterocycles. The van der Waals surface area contributed by atoms with Crippen LogP contribution in [-0.4, -0.2) is 47.9 Å². The lowest BCUT2D eigenvalue weighted by molar-refractivity contribution is -0.385. The quantitative estimate of drug-likeness (QED) is 0.358. The van der Waals surface area contributed by atoms with Crippen LogP contribution in [0.1, 0.15) is 23.2 Å². The van der Waals surface area contributed by atoms with Crippen LogP contribution in [0.15, 0.2) is 12.3 Å². The minimum absolute atomic E-state index is 0.0217. The summed E-state index contributed by atoms with van der Waals surface area (Å²) in [5.41, 5.74) is -0.236. The number of hydrogen-bond acceptors (Lipinski definition) is 5. The Morgan fingerprint density at radius 2 is 2.20 bits per heavy atom. The highest BCUT2D eigenvalue weighted by atomic mass is 35.5. The number of hydrogen-bond donors (Lipinski definition) is 1. The molecule has 1 heterocycles. The van der Waals surface area contributed by atoms with Crippen molar-refractivity contribution in [2.24, 2.45) is 0 Å². The van der Waals surface area contributed by atoms with Gasteiger partial charge < -0.3 is 10.2 Å². The van der Waals surface area contributed by atoms with E-state index in [1.165, 1.54) is 0 Å². The lowest BCUT2D eigenvalue weighted by Crippen LogP contribution is -2.25. The average Bonchev–Trinajstić information content (AvgIpc) is 2.37. The second kappa shape index (κ2) is 7.76. The van der Waals surface area contributed by atoms with Crippen molar-refractivity contribution in [3.8, 4) is 0 Å². The van der Waals surface area contributed by atoms with E-state index < -0.39 is 10.8 Å². The van der Waals surface area contributed by atoms with Gasteiger partial charge in [-0.25, -0.2) is 4.98 Å². The first-order valence-electron chi connectivity index (χ1n) is 6.14. The molecule has 1 amide bonds. The number of nitrogens with one attached hydrogen (secondary N) is 1. The predicted octanol–water partition coefficient (Wildman–Crippen LogP) is 1.71. The van der Waals surface area contributed by atoms with Crippen molar-refractivity contribution < 1.29 is 9.72 Å². The Kier molecular flexibility index (Phi) is 6.33. The third kappa shape index (κ3) is 5.10. The molecule has 0 spiro atoms. The van der Waals surface area contributed by atoms with Crippen molar-refractivity contribution >= 4 is 23.2 Å². The Labute approximate surface area is 122 Å². The minimum atomic E-state index is -0.614. The normalized spacial score (nSPS) is 10.6. The molecular formula is C12H17ClN4O3. The van der Waals surface area contributed by atoms with Crippen molar-refractivity contribution in [2.75, 3.05) is 27.2 Å². The minimum Gasteiger partial charge on any atom is -0.352 e. The Bertz CT molecular complexity index is 494. The van der Waals surface area contributed by atoms with E-state index in [2.05, 4.69) is 15.2 Å². The molecule has 0 saturated carbocycles. The summed E-state index contributed by atoms with van der Waals surface area (Å²) in [6.45, 7) is 1.43. The Morgan fingerprint density at radius 1 is 1.50 bits per heavy atom. The summed E-state index contributed by atoms with van der Waals surface area (Å²) in [5.74, 6) is -0.448. The van der Waals surface area contributed by atoms with Crippen molar-refractivity contribution in [1.29, 1.82) is 0 Å². The van der Waals surface area contributed by atoms with Crippen LogP contribution in [-0.2, 0) is 0 Å². The van der Waals surface area contributed by atoms with Gasteiger partial charge in [0.2, 0.25) is 0 Å². The number of carbonyl (C=O) groups excluding carboxylic acids is 1. The number of nitrogens with zero attached hydrogens (tertiary/aromatic N) is 3. The van der Waals surface area contributed by atoms with Gasteiger partial charge in [-0.05, 0) is 33.5 Å². The highest BCUT2D eigenvalue weighted by Gasteiger charge is 2.16. The third-order valence-electron chi connectivity index (χ3n) is 2.60. The van der Waals surface area contributed by atoms with Crippen LogP contribution >= 0.6 is 11.6 Å². The zero-order valence-electron chi connectivity index (χ0n) is 11.4. The molecule has 0 unspecified atom stereocenters. The first-order chi connectivity index (χ1) is 9.41. The number of halogens is 1. The molecule has 0 aliphatic rings. The van der Waals surface area contributed by atoms with Gasteiger partial charge in [0, 0.05) is 12.6 Å². The molecule has 0 aliphatic carbocycles. The summed E-state index contributed by atoms with van der Waals surface area (Å²) in [5, 5.41) is 13.3. The lowest BCUT2D eigenvalue weighted by Gasteiger charge is -2.09. The fourth-order valence-corrected chi connectivity index (χ4v) is 1.74. The third-order valence-corrected chi connectivity index (χ3v) is 2.90. The maximum atomic E-state index is 11.9. The highest BCUT2D eigenvalue weighted by Crippen LogP contribution is 2.18. The van der Waals surface area contributed by atoms with E-state index in [1.54, 1.807) is 0 Å². The number of rotatable bonds is 7. The van der Waals surface area contributed by atoms with Crippen LogP contribution in [0, 0.1) is 10.1 Å². The van der Waals surface area contributed by atoms with Gasteiger partial charge in [-0.2, -0.15) is 0 Å². The van der Waals surface area contributed by atoms with Crippen molar-refractivity contribution in [2.45, 2.75) is 12.8 Å². The molecule has 20 heavy (non-hydrogen) atoms. The number of pyridine rings is 1. The standard InChI is InChI=1S/C12H17ClN4O3/c1-16(2)6-4-3-5-14-12(18)10-7-9(17(19)20)8-15-11(10)13/h7-8H,3-6H2,1-2H3,(H,14,18). The van der Waals surface area contributed by atoms with Gasteiger partial charge in [-0.3, -0.25) is 14.9 Å². The Balaban J connectivity index is 2.55. The van der Waals surface area contributed by atoms with Crippen LogP contribution in [0.2, 0.25) is 5.15 Å². The monoisotopic (exact) mass is 300 g/mol. The summed E-state index contributed by atoms with van der Waals surface area (Å²) in [4.78, 5) is 27.6. The molecule has 1 N–H and O–H groups in total. The first-order valence-corrected chi connectivity index (χ1v) is 6.52. The predicted molar refractivity (Wildman–Crippen MR) is 76.0 cm³/mol. The van der Waals surface area contributed by atoms with Gasteiger partial charge in [-0.1, -0.05) is 11.6 Å². The van der Waals surface area contributed by atoms with E-state index in [9.17, 15) is 14.9 Å². The smallest absolute Gasteiger partial charge is 0.288 e. The molecule has 0 radical (unpaired) electrons. The average molecular weight is 301 g/mol. The molecule has 0 fully saturated rings. The van der Waals surface area contributed by atoms with Gasteiger partial charge in [0.25, 0.3) is 11.6 Å². The molecule has 1 aromatic rings. The zero-order valence-corrected chi connectivity index (χ0v) is 12.2. The molecule has 0 aliphatic heterocycles. The maximum absolute atomic E-state index is 11.9. The van der Waals surface area contributed by atoms with E-state index in [-0.39, 0.29) is 16.4 Å². The fraction of sp³-hybridized carbons (Fsp3) is 0.500. The van der Waals surface area contributed by atoms with Crippen molar-refractivity contribution in [1.82, 2.24) is 15.2 Å². The van der Waals surface area contributed by atoms with E-state index >= 15 is 0 Å². The van der Waals surface area contributed by atoms with Gasteiger partial charge in [0.05, 0.1) is 10.5 Å². The van der Waals surface area contributed by atoms with E-state index in [0.717, 1.165) is 31.6 Å². The lowest BCUT2D eigenvalue weighted by atomic mass is 10.2. The number of nitro groups is 1. The molecule has 1 aromatic heterocycles. The summed E-state index contributed by atoms with van der Waals surface area (Å²) in [6.07, 6.45) is 2.80. The number of aromatic nitrogens is 1.